The third-order valence-electron chi connectivity index (χ3n) is 4.87. The van der Waals surface area contributed by atoms with E-state index < -0.39 is 5.97 Å². The fourth-order valence-corrected chi connectivity index (χ4v) is 4.09. The van der Waals surface area contributed by atoms with Crippen molar-refractivity contribution in [3.8, 4) is 0 Å². The lowest BCUT2D eigenvalue weighted by Crippen LogP contribution is -2.39. The molecule has 0 heterocycles. The highest BCUT2D eigenvalue weighted by atomic mass is 32.2. The van der Waals surface area contributed by atoms with Crippen LogP contribution < -0.4 is 5.32 Å². The second-order valence-electron chi connectivity index (χ2n) is 7.66. The fraction of sp³-hybridized carbons (Fsp3) is 0.909. The topological polar surface area (TPSA) is 86.6 Å². The van der Waals surface area contributed by atoms with Gasteiger partial charge >= 0.3 is 5.97 Å². The van der Waals surface area contributed by atoms with Crippen molar-refractivity contribution < 1.29 is 19.8 Å². The van der Waals surface area contributed by atoms with E-state index in [0.717, 1.165) is 12.8 Å². The molecule has 1 unspecified atom stereocenters. The highest BCUT2D eigenvalue weighted by molar-refractivity contribution is 7.99. The zero-order valence-corrected chi connectivity index (χ0v) is 18.7. The van der Waals surface area contributed by atoms with E-state index in [2.05, 4.69) is 12.2 Å². The lowest BCUT2D eigenvalue weighted by atomic mass is 10.0. The van der Waals surface area contributed by atoms with Gasteiger partial charge in [0.1, 0.15) is 0 Å². The van der Waals surface area contributed by atoms with Crippen LogP contribution in [0.25, 0.3) is 0 Å². The van der Waals surface area contributed by atoms with Crippen LogP contribution in [-0.4, -0.2) is 46.2 Å². The third kappa shape index (κ3) is 20.0. The zero-order chi connectivity index (χ0) is 20.9. The van der Waals surface area contributed by atoms with Gasteiger partial charge in [0.05, 0.1) is 19.1 Å². The van der Waals surface area contributed by atoms with E-state index in [4.69, 9.17) is 5.11 Å². The van der Waals surface area contributed by atoms with E-state index >= 15 is 0 Å². The number of carbonyl (C=O) groups excluding carboxylic acids is 1. The Labute approximate surface area is 176 Å². The molecule has 3 N–H and O–H groups in total. The molecule has 0 bridgehead atoms. The van der Waals surface area contributed by atoms with Crippen molar-refractivity contribution in [1.82, 2.24) is 5.32 Å². The first kappa shape index (κ1) is 27.2. The van der Waals surface area contributed by atoms with Crippen molar-refractivity contribution in [3.05, 3.63) is 0 Å². The second-order valence-corrected chi connectivity index (χ2v) is 8.81. The molecule has 0 aliphatic rings. The van der Waals surface area contributed by atoms with Gasteiger partial charge in [-0.05, 0) is 6.42 Å². The summed E-state index contributed by atoms with van der Waals surface area (Å²) in [6.07, 6.45) is 17.3. The molecule has 0 aromatic carbocycles. The maximum atomic E-state index is 11.9. The summed E-state index contributed by atoms with van der Waals surface area (Å²) in [5.41, 5.74) is 0. The van der Waals surface area contributed by atoms with E-state index in [0.29, 0.717) is 17.9 Å². The Hall–Kier alpha value is -0.750. The van der Waals surface area contributed by atoms with Gasteiger partial charge < -0.3 is 15.5 Å². The molecule has 1 atom stereocenters. The summed E-state index contributed by atoms with van der Waals surface area (Å²) in [5.74, 6) is 0.217. The lowest BCUT2D eigenvalue weighted by Gasteiger charge is -2.15. The molecule has 0 saturated heterocycles. The molecular formula is C22H43NO4S. The van der Waals surface area contributed by atoms with Gasteiger partial charge in [0.15, 0.2) is 0 Å². The van der Waals surface area contributed by atoms with Crippen molar-refractivity contribution in [1.29, 1.82) is 0 Å². The van der Waals surface area contributed by atoms with Crippen molar-refractivity contribution in [2.24, 2.45) is 0 Å². The minimum Gasteiger partial charge on any atom is -0.481 e. The Kier molecular flexibility index (Phi) is 20.4. The summed E-state index contributed by atoms with van der Waals surface area (Å²) in [7, 11) is 0. The number of unbranched alkanes of at least 4 members (excludes halogenated alkanes) is 12. The Morgan fingerprint density at radius 2 is 1.32 bits per heavy atom. The molecule has 0 saturated carbocycles. The minimum absolute atomic E-state index is 0.0130. The fourth-order valence-electron chi connectivity index (χ4n) is 3.13. The largest absolute Gasteiger partial charge is 0.481 e. The van der Waals surface area contributed by atoms with E-state index in [1.54, 1.807) is 0 Å². The van der Waals surface area contributed by atoms with Crippen LogP contribution >= 0.6 is 11.8 Å². The number of amides is 1. The quantitative estimate of drug-likeness (QED) is 0.225. The summed E-state index contributed by atoms with van der Waals surface area (Å²) in [5, 5.41) is 20.8. The first-order valence-corrected chi connectivity index (χ1v) is 12.4. The summed E-state index contributed by atoms with van der Waals surface area (Å²) in [4.78, 5) is 22.4. The van der Waals surface area contributed by atoms with Gasteiger partial charge in [-0.3, -0.25) is 9.59 Å². The van der Waals surface area contributed by atoms with E-state index in [-0.39, 0.29) is 25.0 Å². The number of carboxylic acids is 1. The molecule has 0 aliphatic heterocycles. The van der Waals surface area contributed by atoms with Gasteiger partial charge in [0, 0.05) is 17.9 Å². The summed E-state index contributed by atoms with van der Waals surface area (Å²) >= 11 is 1.45. The average molecular weight is 418 g/mol. The van der Waals surface area contributed by atoms with Crippen LogP contribution in [0.15, 0.2) is 0 Å². The van der Waals surface area contributed by atoms with Crippen LogP contribution in [-0.2, 0) is 9.59 Å². The van der Waals surface area contributed by atoms with Gasteiger partial charge in [-0.1, -0.05) is 84.0 Å². The molecule has 0 aliphatic carbocycles. The average Bonchev–Trinajstić information content (AvgIpc) is 2.67. The molecular weight excluding hydrogens is 374 g/mol. The SMILES string of the molecule is CCCCCCCCCCCCCCCC(=O)NC(CO)CSCCC(=O)O. The molecule has 6 heteroatoms. The van der Waals surface area contributed by atoms with Gasteiger partial charge in [0.2, 0.25) is 5.91 Å². The maximum absolute atomic E-state index is 11.9. The molecule has 0 fully saturated rings. The van der Waals surface area contributed by atoms with Crippen LogP contribution in [0.2, 0.25) is 0 Å². The van der Waals surface area contributed by atoms with Gasteiger partial charge in [-0.25, -0.2) is 0 Å². The predicted octanol–water partition coefficient (Wildman–Crippen LogP) is 5.15. The zero-order valence-electron chi connectivity index (χ0n) is 17.9. The lowest BCUT2D eigenvalue weighted by molar-refractivity contribution is -0.136. The Morgan fingerprint density at radius 3 is 1.79 bits per heavy atom. The second kappa shape index (κ2) is 21.0. The molecule has 5 nitrogen and oxygen atoms in total. The van der Waals surface area contributed by atoms with Crippen LogP contribution in [0.3, 0.4) is 0 Å². The van der Waals surface area contributed by atoms with Crippen molar-refractivity contribution >= 4 is 23.6 Å². The van der Waals surface area contributed by atoms with E-state index in [9.17, 15) is 14.7 Å². The van der Waals surface area contributed by atoms with Crippen LogP contribution in [0.4, 0.5) is 0 Å². The summed E-state index contributed by atoms with van der Waals surface area (Å²) < 4.78 is 0. The number of rotatable bonds is 21. The maximum Gasteiger partial charge on any atom is 0.304 e. The van der Waals surface area contributed by atoms with Crippen LogP contribution in [0, 0.1) is 0 Å². The molecule has 1 amide bonds. The number of aliphatic hydroxyl groups is 1. The third-order valence-corrected chi connectivity index (χ3v) is 6.00. The molecule has 166 valence electrons. The predicted molar refractivity (Wildman–Crippen MR) is 119 cm³/mol. The minimum atomic E-state index is -0.820. The van der Waals surface area contributed by atoms with Crippen molar-refractivity contribution in [2.75, 3.05) is 18.1 Å². The standard InChI is InChI=1S/C22H43NO4S/c1-2-3-4-5-6-7-8-9-10-11-12-13-14-15-21(25)23-20(18-24)19-28-17-16-22(26)27/h20,24H,2-19H2,1H3,(H,23,25)(H,26,27). The number of hydrogen-bond acceptors (Lipinski definition) is 4. The number of carbonyl (C=O) groups is 2. The number of aliphatic hydroxyl groups excluding tert-OH is 1. The van der Waals surface area contributed by atoms with E-state index in [1.165, 1.54) is 82.4 Å². The summed E-state index contributed by atoms with van der Waals surface area (Å²) in [6.45, 7) is 2.15. The van der Waals surface area contributed by atoms with Crippen LogP contribution in [0.1, 0.15) is 103 Å². The normalized spacial score (nSPS) is 12.1. The smallest absolute Gasteiger partial charge is 0.304 e. The highest BCUT2D eigenvalue weighted by Gasteiger charge is 2.11. The molecule has 0 aromatic rings. The van der Waals surface area contributed by atoms with Gasteiger partial charge in [-0.15, -0.1) is 0 Å². The monoisotopic (exact) mass is 417 g/mol. The van der Waals surface area contributed by atoms with Gasteiger partial charge in [-0.2, -0.15) is 11.8 Å². The van der Waals surface area contributed by atoms with Gasteiger partial charge in [0.25, 0.3) is 0 Å². The molecule has 0 radical (unpaired) electrons. The Bertz CT molecular complexity index is 380. The van der Waals surface area contributed by atoms with Crippen LogP contribution in [0.5, 0.6) is 0 Å². The highest BCUT2D eigenvalue weighted by Crippen LogP contribution is 2.13. The number of aliphatic carboxylic acids is 1. The number of thioether (sulfide) groups is 1. The Balaban J connectivity index is 3.42. The molecule has 0 rings (SSSR count). The molecule has 28 heavy (non-hydrogen) atoms. The molecule has 0 aromatic heterocycles. The number of hydrogen-bond donors (Lipinski definition) is 3. The van der Waals surface area contributed by atoms with Crippen molar-refractivity contribution in [2.45, 2.75) is 109 Å². The van der Waals surface area contributed by atoms with Crippen molar-refractivity contribution in [3.63, 3.8) is 0 Å². The van der Waals surface area contributed by atoms with E-state index in [1.807, 2.05) is 0 Å². The first-order valence-electron chi connectivity index (χ1n) is 11.3. The summed E-state index contributed by atoms with van der Waals surface area (Å²) in [6, 6.07) is -0.284. The first-order chi connectivity index (χ1) is 13.6. The molecule has 0 spiro atoms. The Morgan fingerprint density at radius 1 is 0.821 bits per heavy atom. The number of carboxylic acid groups (broad SMARTS) is 1. The number of nitrogens with one attached hydrogen (secondary N) is 1.